The predicted octanol–water partition coefficient (Wildman–Crippen LogP) is 1.99. The van der Waals surface area contributed by atoms with Crippen molar-refractivity contribution in [1.82, 2.24) is 5.32 Å². The molecule has 1 rings (SSSR count). The Kier molecular flexibility index (Phi) is 11.1. The predicted molar refractivity (Wildman–Crippen MR) is 83.8 cm³/mol. The Morgan fingerprint density at radius 1 is 1.00 bits per heavy atom. The molecule has 1 heterocycles. The zero-order valence-corrected chi connectivity index (χ0v) is 13.8. The van der Waals surface area contributed by atoms with Crippen LogP contribution >= 0.6 is 0 Å². The van der Waals surface area contributed by atoms with E-state index >= 15 is 0 Å². The number of rotatable bonds is 13. The molecule has 5 heteroatoms. The molecule has 1 aliphatic rings. The minimum atomic E-state index is 0.119. The maximum absolute atomic E-state index is 5.55. The zero-order chi connectivity index (χ0) is 15.2. The molecule has 0 spiro atoms. The van der Waals surface area contributed by atoms with Gasteiger partial charge in [0.1, 0.15) is 0 Å². The van der Waals surface area contributed by atoms with E-state index in [1.165, 1.54) is 12.8 Å². The molecule has 1 fully saturated rings. The second-order valence-electron chi connectivity index (χ2n) is 5.83. The molecule has 0 radical (unpaired) electrons. The van der Waals surface area contributed by atoms with Crippen LogP contribution in [-0.4, -0.2) is 64.9 Å². The molecule has 1 N–H and O–H groups in total. The van der Waals surface area contributed by atoms with Crippen LogP contribution in [-0.2, 0) is 18.9 Å². The fraction of sp³-hybridized carbons (Fsp3) is 1.00. The second kappa shape index (κ2) is 12.4. The molecule has 0 aromatic rings. The summed E-state index contributed by atoms with van der Waals surface area (Å²) in [6.07, 6.45) is 4.61. The number of hydrogen-bond acceptors (Lipinski definition) is 5. The lowest BCUT2D eigenvalue weighted by Crippen LogP contribution is -2.50. The third-order valence-corrected chi connectivity index (χ3v) is 3.62. The summed E-state index contributed by atoms with van der Waals surface area (Å²) in [7, 11) is 0. The fourth-order valence-electron chi connectivity index (χ4n) is 2.29. The van der Waals surface area contributed by atoms with E-state index in [1.807, 2.05) is 0 Å². The number of ether oxygens (including phenoxy) is 4. The number of hydrogen-bond donors (Lipinski definition) is 1. The van der Waals surface area contributed by atoms with Gasteiger partial charge in [-0.25, -0.2) is 0 Å². The first-order valence-corrected chi connectivity index (χ1v) is 8.33. The Morgan fingerprint density at radius 3 is 2.29 bits per heavy atom. The Morgan fingerprint density at radius 2 is 1.67 bits per heavy atom. The van der Waals surface area contributed by atoms with Gasteiger partial charge in [-0.15, -0.1) is 0 Å². The average molecular weight is 303 g/mol. The molecule has 1 unspecified atom stereocenters. The van der Waals surface area contributed by atoms with Crippen molar-refractivity contribution in [2.45, 2.75) is 45.1 Å². The summed E-state index contributed by atoms with van der Waals surface area (Å²) in [4.78, 5) is 0. The van der Waals surface area contributed by atoms with Crippen molar-refractivity contribution in [3.05, 3.63) is 0 Å². The maximum atomic E-state index is 5.55. The van der Waals surface area contributed by atoms with Crippen LogP contribution in [0.2, 0.25) is 0 Å². The van der Waals surface area contributed by atoms with Crippen molar-refractivity contribution in [2.24, 2.45) is 0 Å². The van der Waals surface area contributed by atoms with E-state index < -0.39 is 0 Å². The summed E-state index contributed by atoms with van der Waals surface area (Å²) in [5.74, 6) is 0. The first-order chi connectivity index (χ1) is 10.3. The molecule has 21 heavy (non-hydrogen) atoms. The normalized spacial score (nSPS) is 22.6. The smallest absolute Gasteiger partial charge is 0.0701 e. The minimum Gasteiger partial charge on any atom is -0.380 e. The van der Waals surface area contributed by atoms with Crippen LogP contribution in [0.4, 0.5) is 0 Å². The molecule has 5 nitrogen and oxygen atoms in total. The third-order valence-electron chi connectivity index (χ3n) is 3.62. The molecule has 1 atom stereocenters. The molecular formula is C16H33NO4. The Bertz CT molecular complexity index is 232. The largest absolute Gasteiger partial charge is 0.380 e. The lowest BCUT2D eigenvalue weighted by molar-refractivity contribution is 0.00707. The van der Waals surface area contributed by atoms with E-state index in [4.69, 9.17) is 18.9 Å². The summed E-state index contributed by atoms with van der Waals surface area (Å²) < 4.78 is 21.9. The highest BCUT2D eigenvalue weighted by atomic mass is 16.5. The van der Waals surface area contributed by atoms with Crippen LogP contribution < -0.4 is 5.32 Å². The van der Waals surface area contributed by atoms with Crippen LogP contribution in [0.5, 0.6) is 0 Å². The van der Waals surface area contributed by atoms with Crippen LogP contribution in [0.1, 0.15) is 39.5 Å². The van der Waals surface area contributed by atoms with E-state index in [1.54, 1.807) is 0 Å². The topological polar surface area (TPSA) is 49.0 Å². The van der Waals surface area contributed by atoms with Gasteiger partial charge in [-0.05, 0) is 26.2 Å². The summed E-state index contributed by atoms with van der Waals surface area (Å²) in [5, 5.41) is 3.52. The van der Waals surface area contributed by atoms with Crippen molar-refractivity contribution in [1.29, 1.82) is 0 Å². The summed E-state index contributed by atoms with van der Waals surface area (Å²) in [6.45, 7) is 11.1. The molecular weight excluding hydrogens is 270 g/mol. The quantitative estimate of drug-likeness (QED) is 0.527. The van der Waals surface area contributed by atoms with E-state index in [0.29, 0.717) is 33.0 Å². The van der Waals surface area contributed by atoms with Crippen LogP contribution in [0, 0.1) is 0 Å². The van der Waals surface area contributed by atoms with Gasteiger partial charge in [0.15, 0.2) is 0 Å². The van der Waals surface area contributed by atoms with Gasteiger partial charge in [-0.3, -0.25) is 0 Å². The monoisotopic (exact) mass is 303 g/mol. The highest BCUT2D eigenvalue weighted by molar-refractivity contribution is 4.84. The lowest BCUT2D eigenvalue weighted by atomic mass is 9.95. The van der Waals surface area contributed by atoms with Crippen molar-refractivity contribution in [2.75, 3.05) is 59.4 Å². The van der Waals surface area contributed by atoms with Crippen LogP contribution in [0.25, 0.3) is 0 Å². The van der Waals surface area contributed by atoms with Gasteiger partial charge in [0.2, 0.25) is 0 Å². The van der Waals surface area contributed by atoms with Gasteiger partial charge in [0.05, 0.1) is 39.6 Å². The molecule has 126 valence electrons. The van der Waals surface area contributed by atoms with E-state index in [0.717, 1.165) is 39.2 Å². The van der Waals surface area contributed by atoms with Gasteiger partial charge in [0, 0.05) is 25.3 Å². The van der Waals surface area contributed by atoms with Gasteiger partial charge in [0.25, 0.3) is 0 Å². The molecule has 0 aliphatic carbocycles. The first-order valence-electron chi connectivity index (χ1n) is 8.33. The molecule has 1 saturated heterocycles. The van der Waals surface area contributed by atoms with Gasteiger partial charge >= 0.3 is 0 Å². The van der Waals surface area contributed by atoms with Crippen molar-refractivity contribution < 1.29 is 18.9 Å². The fourth-order valence-corrected chi connectivity index (χ4v) is 2.29. The summed E-state index contributed by atoms with van der Waals surface area (Å²) in [6, 6.07) is 0. The highest BCUT2D eigenvalue weighted by Crippen LogP contribution is 2.17. The standard InChI is InChI=1S/C16H33NO4/c1-3-4-8-18-11-13-20-14-12-19-10-7-17-16(2)6-5-9-21-15-16/h17H,3-15H2,1-2H3. The molecule has 0 aromatic heterocycles. The summed E-state index contributed by atoms with van der Waals surface area (Å²) in [5.41, 5.74) is 0.119. The number of nitrogens with one attached hydrogen (secondary N) is 1. The third kappa shape index (κ3) is 10.2. The summed E-state index contributed by atoms with van der Waals surface area (Å²) >= 11 is 0. The van der Waals surface area contributed by atoms with Crippen molar-refractivity contribution in [3.63, 3.8) is 0 Å². The van der Waals surface area contributed by atoms with Crippen LogP contribution in [0.3, 0.4) is 0 Å². The van der Waals surface area contributed by atoms with Crippen LogP contribution in [0.15, 0.2) is 0 Å². The Balaban J connectivity index is 1.78. The Labute approximate surface area is 129 Å². The zero-order valence-electron chi connectivity index (χ0n) is 13.8. The Hall–Kier alpha value is -0.200. The highest BCUT2D eigenvalue weighted by Gasteiger charge is 2.26. The van der Waals surface area contributed by atoms with Gasteiger partial charge < -0.3 is 24.3 Å². The van der Waals surface area contributed by atoms with E-state index in [2.05, 4.69) is 19.2 Å². The van der Waals surface area contributed by atoms with Gasteiger partial charge in [-0.1, -0.05) is 13.3 Å². The molecule has 0 bridgehead atoms. The SMILES string of the molecule is CCCCOCCOCCOCCNC1(C)CCCOC1. The lowest BCUT2D eigenvalue weighted by Gasteiger charge is -2.34. The van der Waals surface area contributed by atoms with E-state index in [-0.39, 0.29) is 5.54 Å². The minimum absolute atomic E-state index is 0.119. The molecule has 0 saturated carbocycles. The molecule has 1 aliphatic heterocycles. The second-order valence-corrected chi connectivity index (χ2v) is 5.83. The van der Waals surface area contributed by atoms with E-state index in [9.17, 15) is 0 Å². The van der Waals surface area contributed by atoms with Crippen molar-refractivity contribution >= 4 is 0 Å². The number of unbranched alkanes of at least 4 members (excludes halogenated alkanes) is 1. The molecule has 0 amide bonds. The molecule has 0 aromatic carbocycles. The van der Waals surface area contributed by atoms with Gasteiger partial charge in [-0.2, -0.15) is 0 Å². The first kappa shape index (κ1) is 18.8. The van der Waals surface area contributed by atoms with Crippen molar-refractivity contribution in [3.8, 4) is 0 Å². The average Bonchev–Trinajstić information content (AvgIpc) is 2.49. The maximum Gasteiger partial charge on any atom is 0.0701 e.